The van der Waals surface area contributed by atoms with Gasteiger partial charge in [0.25, 0.3) is 0 Å². The van der Waals surface area contributed by atoms with E-state index in [1.54, 1.807) is 5.56 Å². The van der Waals surface area contributed by atoms with Crippen molar-refractivity contribution in [2.24, 2.45) is 5.92 Å². The standard InChI is InChI=1S/C18H23NO/c1-2-12-4-3-5-15-14(12)10-17-16-7-6-13(20)11-18(15,16)8-9-19-17/h3-5,16-17,19H,2,6-11H2,1H3/t16-,17+,18+/m0/s1. The van der Waals surface area contributed by atoms with Gasteiger partial charge in [-0.15, -0.1) is 0 Å². The number of carbonyl (C=O) groups excluding carboxylic acids is 1. The van der Waals surface area contributed by atoms with Crippen LogP contribution in [0.2, 0.25) is 0 Å². The van der Waals surface area contributed by atoms with E-state index in [2.05, 4.69) is 30.4 Å². The first-order chi connectivity index (χ1) is 9.74. The van der Waals surface area contributed by atoms with E-state index >= 15 is 0 Å². The summed E-state index contributed by atoms with van der Waals surface area (Å²) in [5.74, 6) is 1.16. The van der Waals surface area contributed by atoms with Crippen LogP contribution in [0.1, 0.15) is 49.3 Å². The maximum Gasteiger partial charge on any atom is 0.133 e. The molecule has 0 amide bonds. The molecule has 3 atom stereocenters. The van der Waals surface area contributed by atoms with E-state index < -0.39 is 0 Å². The number of aryl methyl sites for hydroxylation is 1. The lowest BCUT2D eigenvalue weighted by Gasteiger charge is -2.55. The third-order valence-electron chi connectivity index (χ3n) is 6.03. The highest BCUT2D eigenvalue weighted by Gasteiger charge is 2.53. The van der Waals surface area contributed by atoms with Crippen LogP contribution in [-0.2, 0) is 23.1 Å². The Morgan fingerprint density at radius 3 is 3.15 bits per heavy atom. The molecule has 0 aromatic heterocycles. The molecular weight excluding hydrogens is 246 g/mol. The Balaban J connectivity index is 1.92. The van der Waals surface area contributed by atoms with Crippen LogP contribution in [0.25, 0.3) is 0 Å². The number of hydrogen-bond acceptors (Lipinski definition) is 2. The molecule has 3 aliphatic rings. The zero-order valence-electron chi connectivity index (χ0n) is 12.2. The van der Waals surface area contributed by atoms with E-state index in [0.29, 0.717) is 17.7 Å². The molecule has 106 valence electrons. The molecule has 2 heteroatoms. The summed E-state index contributed by atoms with van der Waals surface area (Å²) in [6, 6.07) is 7.40. The average molecular weight is 269 g/mol. The minimum Gasteiger partial charge on any atom is -0.313 e. The molecule has 0 spiro atoms. The van der Waals surface area contributed by atoms with Gasteiger partial charge in [-0.25, -0.2) is 0 Å². The van der Waals surface area contributed by atoms with Gasteiger partial charge < -0.3 is 5.32 Å². The van der Waals surface area contributed by atoms with Gasteiger partial charge in [-0.05, 0) is 54.8 Å². The average Bonchev–Trinajstić information content (AvgIpc) is 2.46. The lowest BCUT2D eigenvalue weighted by atomic mass is 9.52. The van der Waals surface area contributed by atoms with Crippen molar-refractivity contribution in [3.05, 3.63) is 34.9 Å². The van der Waals surface area contributed by atoms with Crippen molar-refractivity contribution >= 4 is 5.78 Å². The van der Waals surface area contributed by atoms with Gasteiger partial charge in [0.2, 0.25) is 0 Å². The summed E-state index contributed by atoms with van der Waals surface area (Å²) >= 11 is 0. The highest BCUT2D eigenvalue weighted by atomic mass is 16.1. The van der Waals surface area contributed by atoms with Crippen molar-refractivity contribution in [1.29, 1.82) is 0 Å². The van der Waals surface area contributed by atoms with E-state index in [1.165, 1.54) is 17.5 Å². The number of hydrogen-bond donors (Lipinski definition) is 1. The minimum absolute atomic E-state index is 0.157. The molecule has 2 nitrogen and oxygen atoms in total. The fraction of sp³-hybridized carbons (Fsp3) is 0.611. The smallest absolute Gasteiger partial charge is 0.133 e. The Bertz CT molecular complexity index is 565. The maximum atomic E-state index is 12.2. The molecule has 1 N–H and O–H groups in total. The number of ketones is 1. The highest BCUT2D eigenvalue weighted by molar-refractivity contribution is 5.81. The van der Waals surface area contributed by atoms with E-state index in [1.807, 2.05) is 0 Å². The van der Waals surface area contributed by atoms with Crippen molar-refractivity contribution in [3.8, 4) is 0 Å². The molecule has 4 rings (SSSR count). The lowest BCUT2D eigenvalue weighted by molar-refractivity contribution is -0.125. The van der Waals surface area contributed by atoms with Crippen LogP contribution in [0.3, 0.4) is 0 Å². The summed E-state index contributed by atoms with van der Waals surface area (Å²) in [7, 11) is 0. The first kappa shape index (κ1) is 12.6. The van der Waals surface area contributed by atoms with Crippen LogP contribution in [0.15, 0.2) is 18.2 Å². The number of nitrogens with one attached hydrogen (secondary N) is 1. The summed E-state index contributed by atoms with van der Waals surface area (Å²) in [4.78, 5) is 12.2. The summed E-state index contributed by atoms with van der Waals surface area (Å²) in [6.07, 6.45) is 6.08. The van der Waals surface area contributed by atoms with E-state index in [-0.39, 0.29) is 5.41 Å². The number of fused-ring (bicyclic) bond motifs is 1. The van der Waals surface area contributed by atoms with E-state index in [4.69, 9.17) is 0 Å². The largest absolute Gasteiger partial charge is 0.313 e. The minimum atomic E-state index is 0.157. The monoisotopic (exact) mass is 269 g/mol. The summed E-state index contributed by atoms with van der Waals surface area (Å²) in [5.41, 5.74) is 4.72. The third kappa shape index (κ3) is 1.57. The fourth-order valence-corrected chi connectivity index (χ4v) is 5.18. The van der Waals surface area contributed by atoms with Gasteiger partial charge in [-0.3, -0.25) is 4.79 Å². The summed E-state index contributed by atoms with van der Waals surface area (Å²) < 4.78 is 0. The predicted octanol–water partition coefficient (Wildman–Crippen LogP) is 2.77. The van der Waals surface area contributed by atoms with Crippen LogP contribution in [0.5, 0.6) is 0 Å². The quantitative estimate of drug-likeness (QED) is 0.849. The molecule has 1 aromatic rings. The van der Waals surface area contributed by atoms with E-state index in [9.17, 15) is 4.79 Å². The van der Waals surface area contributed by atoms with Crippen LogP contribution in [0, 0.1) is 5.92 Å². The molecule has 1 saturated carbocycles. The molecule has 2 aliphatic carbocycles. The van der Waals surface area contributed by atoms with Gasteiger partial charge in [0.05, 0.1) is 0 Å². The normalized spacial score (nSPS) is 35.4. The van der Waals surface area contributed by atoms with Crippen LogP contribution in [0.4, 0.5) is 0 Å². The molecule has 1 saturated heterocycles. The zero-order valence-corrected chi connectivity index (χ0v) is 12.2. The second-order valence-electron chi connectivity index (χ2n) is 6.83. The Labute approximate surface area is 121 Å². The number of carbonyl (C=O) groups is 1. The molecule has 20 heavy (non-hydrogen) atoms. The number of benzene rings is 1. The van der Waals surface area contributed by atoms with Gasteiger partial charge in [-0.2, -0.15) is 0 Å². The van der Waals surface area contributed by atoms with Crippen molar-refractivity contribution in [3.63, 3.8) is 0 Å². The van der Waals surface area contributed by atoms with Crippen LogP contribution < -0.4 is 5.32 Å². The van der Waals surface area contributed by atoms with Crippen molar-refractivity contribution < 1.29 is 4.79 Å². The molecule has 2 fully saturated rings. The lowest BCUT2D eigenvalue weighted by Crippen LogP contribution is -2.60. The topological polar surface area (TPSA) is 29.1 Å². The number of Topliss-reactive ketones (excluding diaryl/α,β-unsaturated/α-hetero) is 1. The Kier molecular flexibility index (Phi) is 2.78. The molecule has 2 bridgehead atoms. The molecule has 0 unspecified atom stereocenters. The van der Waals surface area contributed by atoms with Crippen LogP contribution in [-0.4, -0.2) is 18.4 Å². The molecule has 1 heterocycles. The summed E-state index contributed by atoms with van der Waals surface area (Å²) in [6.45, 7) is 3.32. The van der Waals surface area contributed by atoms with E-state index in [0.717, 1.165) is 38.6 Å². The fourth-order valence-electron chi connectivity index (χ4n) is 5.18. The Morgan fingerprint density at radius 1 is 1.40 bits per heavy atom. The van der Waals surface area contributed by atoms with Gasteiger partial charge in [0, 0.05) is 24.3 Å². The number of piperidine rings is 1. The van der Waals surface area contributed by atoms with Gasteiger partial charge >= 0.3 is 0 Å². The Hall–Kier alpha value is -1.15. The zero-order chi connectivity index (χ0) is 13.7. The van der Waals surface area contributed by atoms with Crippen molar-refractivity contribution in [2.45, 2.75) is 56.9 Å². The van der Waals surface area contributed by atoms with Gasteiger partial charge in [0.1, 0.15) is 5.78 Å². The second-order valence-corrected chi connectivity index (χ2v) is 6.83. The SMILES string of the molecule is CCc1cccc2c1C[C@H]1NCC[C@@]23CC(=O)CC[C@@H]13. The Morgan fingerprint density at radius 2 is 2.30 bits per heavy atom. The molecule has 1 aliphatic heterocycles. The third-order valence-corrected chi connectivity index (χ3v) is 6.03. The number of rotatable bonds is 1. The first-order valence-electron chi connectivity index (χ1n) is 8.11. The second kappa shape index (κ2) is 4.42. The maximum absolute atomic E-state index is 12.2. The van der Waals surface area contributed by atoms with Gasteiger partial charge in [0.15, 0.2) is 0 Å². The highest BCUT2D eigenvalue weighted by Crippen LogP contribution is 2.53. The first-order valence-corrected chi connectivity index (χ1v) is 8.11. The van der Waals surface area contributed by atoms with Crippen molar-refractivity contribution in [1.82, 2.24) is 5.32 Å². The molecule has 0 radical (unpaired) electrons. The molecular formula is C18H23NO. The molecule has 1 aromatic carbocycles. The van der Waals surface area contributed by atoms with Crippen LogP contribution >= 0.6 is 0 Å². The summed E-state index contributed by atoms with van der Waals surface area (Å²) in [5, 5.41) is 3.74. The van der Waals surface area contributed by atoms with Crippen molar-refractivity contribution in [2.75, 3.05) is 6.54 Å². The van der Waals surface area contributed by atoms with Gasteiger partial charge in [-0.1, -0.05) is 25.1 Å². The predicted molar refractivity (Wildman–Crippen MR) is 80.0 cm³/mol.